The second-order valence-electron chi connectivity index (χ2n) is 10.3. The molecule has 0 spiro atoms. The lowest BCUT2D eigenvalue weighted by Crippen LogP contribution is -2.46. The normalized spacial score (nSPS) is 23.1. The van der Waals surface area contributed by atoms with Crippen LogP contribution < -0.4 is 18.9 Å². The topological polar surface area (TPSA) is 52.5 Å². The standard InChI is InChI=1S/C30H40N2O4/c1-6-19-18-32-12-10-22-15-28(34-3)30(36-5)17-24(22)26(32)13-20(19)7-8-25-23-16-29(35-4)27(33-2)14-21(23)9-11-31-25/h14-17,19-20,26H,6-13,18H2,1-5H3. The van der Waals surface area contributed by atoms with Crippen molar-refractivity contribution in [1.82, 2.24) is 4.90 Å². The highest BCUT2D eigenvalue weighted by Crippen LogP contribution is 2.46. The molecule has 5 rings (SSSR count). The molecule has 3 aliphatic rings. The van der Waals surface area contributed by atoms with Gasteiger partial charge >= 0.3 is 0 Å². The summed E-state index contributed by atoms with van der Waals surface area (Å²) >= 11 is 0. The maximum atomic E-state index is 5.67. The largest absolute Gasteiger partial charge is 0.493 e. The van der Waals surface area contributed by atoms with E-state index in [0.717, 1.165) is 67.7 Å². The van der Waals surface area contributed by atoms with Gasteiger partial charge in [-0.05, 0) is 84.9 Å². The minimum absolute atomic E-state index is 0.450. The average Bonchev–Trinajstić information content (AvgIpc) is 2.93. The van der Waals surface area contributed by atoms with Crippen LogP contribution in [0.1, 0.15) is 60.9 Å². The van der Waals surface area contributed by atoms with Gasteiger partial charge in [0.15, 0.2) is 23.0 Å². The van der Waals surface area contributed by atoms with Crippen molar-refractivity contribution >= 4 is 5.71 Å². The van der Waals surface area contributed by atoms with Gasteiger partial charge in [-0.1, -0.05) is 13.3 Å². The van der Waals surface area contributed by atoms with Crippen LogP contribution in [0.3, 0.4) is 0 Å². The third-order valence-corrected chi connectivity index (χ3v) is 8.66. The molecule has 0 saturated carbocycles. The van der Waals surface area contributed by atoms with Crippen LogP contribution in [0.15, 0.2) is 29.3 Å². The second-order valence-corrected chi connectivity index (χ2v) is 10.3. The lowest BCUT2D eigenvalue weighted by molar-refractivity contribution is 0.0492. The van der Waals surface area contributed by atoms with E-state index in [2.05, 4.69) is 36.1 Å². The van der Waals surface area contributed by atoms with E-state index in [4.69, 9.17) is 23.9 Å². The molecule has 3 atom stereocenters. The average molecular weight is 493 g/mol. The Labute approximate surface area is 215 Å². The highest BCUT2D eigenvalue weighted by atomic mass is 16.5. The number of hydrogen-bond acceptors (Lipinski definition) is 6. The summed E-state index contributed by atoms with van der Waals surface area (Å²) in [6.45, 7) is 5.51. The van der Waals surface area contributed by atoms with Crippen molar-refractivity contribution in [3.63, 3.8) is 0 Å². The van der Waals surface area contributed by atoms with Gasteiger partial charge in [-0.25, -0.2) is 0 Å². The van der Waals surface area contributed by atoms with Crippen LogP contribution in [0.25, 0.3) is 0 Å². The SMILES string of the molecule is CCC1CN2CCc3cc(OC)c(OC)cc3C2CC1CCC1=NCCc2cc(OC)c(OC)cc21. The predicted molar refractivity (Wildman–Crippen MR) is 143 cm³/mol. The van der Waals surface area contributed by atoms with Gasteiger partial charge in [-0.3, -0.25) is 9.89 Å². The van der Waals surface area contributed by atoms with E-state index in [1.54, 1.807) is 28.4 Å². The smallest absolute Gasteiger partial charge is 0.161 e. The molecule has 0 aliphatic carbocycles. The van der Waals surface area contributed by atoms with Crippen molar-refractivity contribution in [2.75, 3.05) is 48.1 Å². The minimum Gasteiger partial charge on any atom is -0.493 e. The number of piperidine rings is 1. The molecule has 0 amide bonds. The van der Waals surface area contributed by atoms with Crippen LogP contribution >= 0.6 is 0 Å². The van der Waals surface area contributed by atoms with Gasteiger partial charge in [0, 0.05) is 37.0 Å². The summed E-state index contributed by atoms with van der Waals surface area (Å²) in [6, 6.07) is 9.14. The van der Waals surface area contributed by atoms with Crippen molar-refractivity contribution in [1.29, 1.82) is 0 Å². The quantitative estimate of drug-likeness (QED) is 0.488. The monoisotopic (exact) mass is 492 g/mol. The Balaban J connectivity index is 1.36. The summed E-state index contributed by atoms with van der Waals surface area (Å²) in [7, 11) is 6.86. The first-order valence-electron chi connectivity index (χ1n) is 13.4. The first-order valence-corrected chi connectivity index (χ1v) is 13.4. The summed E-state index contributed by atoms with van der Waals surface area (Å²) in [5.74, 6) is 4.66. The fourth-order valence-electron chi connectivity index (χ4n) is 6.65. The second kappa shape index (κ2) is 10.7. The lowest BCUT2D eigenvalue weighted by atomic mass is 9.73. The van der Waals surface area contributed by atoms with E-state index < -0.39 is 0 Å². The molecule has 2 aromatic carbocycles. The van der Waals surface area contributed by atoms with E-state index in [1.807, 2.05) is 0 Å². The Morgan fingerprint density at radius 3 is 2.19 bits per heavy atom. The number of benzene rings is 2. The van der Waals surface area contributed by atoms with Crippen LogP contribution in [-0.2, 0) is 12.8 Å². The molecule has 3 unspecified atom stereocenters. The zero-order valence-corrected chi connectivity index (χ0v) is 22.4. The molecule has 6 nitrogen and oxygen atoms in total. The van der Waals surface area contributed by atoms with Gasteiger partial charge in [0.05, 0.1) is 28.4 Å². The molecule has 0 bridgehead atoms. The lowest BCUT2D eigenvalue weighted by Gasteiger charge is -2.47. The van der Waals surface area contributed by atoms with Gasteiger partial charge in [0.1, 0.15) is 0 Å². The van der Waals surface area contributed by atoms with Gasteiger partial charge < -0.3 is 18.9 Å². The van der Waals surface area contributed by atoms with E-state index in [-0.39, 0.29) is 0 Å². The number of fused-ring (bicyclic) bond motifs is 4. The van der Waals surface area contributed by atoms with Crippen LogP contribution in [0, 0.1) is 11.8 Å². The zero-order valence-electron chi connectivity index (χ0n) is 22.4. The van der Waals surface area contributed by atoms with E-state index in [9.17, 15) is 0 Å². The van der Waals surface area contributed by atoms with Gasteiger partial charge in [-0.2, -0.15) is 0 Å². The highest BCUT2D eigenvalue weighted by molar-refractivity contribution is 6.03. The number of hydrogen-bond donors (Lipinski definition) is 0. The van der Waals surface area contributed by atoms with E-state index >= 15 is 0 Å². The predicted octanol–water partition coefficient (Wildman–Crippen LogP) is 5.49. The summed E-state index contributed by atoms with van der Waals surface area (Å²) in [5.41, 5.74) is 6.63. The molecule has 3 aliphatic heterocycles. The molecule has 1 fully saturated rings. The fraction of sp³-hybridized carbons (Fsp3) is 0.567. The van der Waals surface area contributed by atoms with Crippen LogP contribution in [0.5, 0.6) is 23.0 Å². The molecule has 0 N–H and O–H groups in total. The maximum absolute atomic E-state index is 5.67. The number of aliphatic imine (C=N–C) groups is 1. The molecule has 3 heterocycles. The van der Waals surface area contributed by atoms with Gasteiger partial charge in [0.25, 0.3) is 0 Å². The molecular weight excluding hydrogens is 452 g/mol. The van der Waals surface area contributed by atoms with E-state index in [1.165, 1.54) is 47.4 Å². The highest BCUT2D eigenvalue weighted by Gasteiger charge is 2.38. The maximum Gasteiger partial charge on any atom is 0.161 e. The summed E-state index contributed by atoms with van der Waals surface area (Å²) in [4.78, 5) is 7.69. The van der Waals surface area contributed by atoms with Crippen LogP contribution in [0.4, 0.5) is 0 Å². The third kappa shape index (κ3) is 4.56. The van der Waals surface area contributed by atoms with Gasteiger partial charge in [-0.15, -0.1) is 0 Å². The molecule has 36 heavy (non-hydrogen) atoms. The summed E-state index contributed by atoms with van der Waals surface area (Å²) < 4.78 is 22.4. The van der Waals surface area contributed by atoms with Crippen molar-refractivity contribution in [2.45, 2.75) is 51.5 Å². The third-order valence-electron chi connectivity index (χ3n) is 8.66. The Kier molecular flexibility index (Phi) is 7.42. The Morgan fingerprint density at radius 1 is 0.833 bits per heavy atom. The molecule has 2 aromatic rings. The summed E-state index contributed by atoms with van der Waals surface area (Å²) in [5, 5.41) is 0. The summed E-state index contributed by atoms with van der Waals surface area (Å²) in [6.07, 6.45) is 6.62. The van der Waals surface area contributed by atoms with Crippen LogP contribution in [-0.4, -0.2) is 58.7 Å². The fourth-order valence-corrected chi connectivity index (χ4v) is 6.65. The first kappa shape index (κ1) is 24.9. The molecule has 194 valence electrons. The van der Waals surface area contributed by atoms with Gasteiger partial charge in [0.2, 0.25) is 0 Å². The zero-order chi connectivity index (χ0) is 25.2. The van der Waals surface area contributed by atoms with Crippen molar-refractivity contribution < 1.29 is 18.9 Å². The molecular formula is C30H40N2O4. The minimum atomic E-state index is 0.450. The number of methoxy groups -OCH3 is 4. The Bertz CT molecular complexity index is 1130. The Morgan fingerprint density at radius 2 is 1.50 bits per heavy atom. The Hall–Kier alpha value is -2.73. The molecule has 0 radical (unpaired) electrons. The van der Waals surface area contributed by atoms with Crippen molar-refractivity contribution in [2.24, 2.45) is 16.8 Å². The van der Waals surface area contributed by atoms with Crippen molar-refractivity contribution in [3.05, 3.63) is 46.5 Å². The number of rotatable bonds is 8. The number of nitrogens with zero attached hydrogens (tertiary/aromatic N) is 2. The number of ether oxygens (including phenoxy) is 4. The van der Waals surface area contributed by atoms with Crippen LogP contribution in [0.2, 0.25) is 0 Å². The van der Waals surface area contributed by atoms with E-state index in [0.29, 0.717) is 12.0 Å². The first-order chi connectivity index (χ1) is 17.6. The molecule has 6 heteroatoms. The molecule has 1 saturated heterocycles. The van der Waals surface area contributed by atoms with Crippen molar-refractivity contribution in [3.8, 4) is 23.0 Å². The molecule has 0 aromatic heterocycles.